The number of hydrogen-bond acceptors (Lipinski definition) is 6. The highest BCUT2D eigenvalue weighted by Crippen LogP contribution is 2.39. The van der Waals surface area contributed by atoms with Crippen LogP contribution in [0.2, 0.25) is 0 Å². The van der Waals surface area contributed by atoms with E-state index in [1.807, 2.05) is 0 Å². The number of aliphatic hydroxyl groups excluding tert-OH is 1. The third kappa shape index (κ3) is 3.54. The molecule has 1 amide bonds. The summed E-state index contributed by atoms with van der Waals surface area (Å²) in [6, 6.07) is 9.52. The van der Waals surface area contributed by atoms with Crippen LogP contribution in [-0.2, 0) is 14.3 Å². The third-order valence-corrected chi connectivity index (χ3v) is 4.44. The van der Waals surface area contributed by atoms with Crippen LogP contribution < -0.4 is 4.74 Å². The zero-order valence-electron chi connectivity index (χ0n) is 15.1. The number of aliphatic hydroxyl groups is 1. The summed E-state index contributed by atoms with van der Waals surface area (Å²) < 4.78 is 10.3. The number of methoxy groups -OCH3 is 2. The molecule has 7 nitrogen and oxygen atoms in total. The SMILES string of the molecule is COCCN1C(=O)C(=O)/C(=C(\O)c2ccncc2)C1c1cccc(OC)c1. The lowest BCUT2D eigenvalue weighted by Gasteiger charge is -2.25. The van der Waals surface area contributed by atoms with E-state index in [2.05, 4.69) is 4.98 Å². The third-order valence-electron chi connectivity index (χ3n) is 4.44. The maximum absolute atomic E-state index is 12.7. The topological polar surface area (TPSA) is 89.0 Å². The second kappa shape index (κ2) is 8.01. The predicted molar refractivity (Wildman–Crippen MR) is 98.1 cm³/mol. The van der Waals surface area contributed by atoms with Gasteiger partial charge in [-0.3, -0.25) is 14.6 Å². The summed E-state index contributed by atoms with van der Waals surface area (Å²) in [6.45, 7) is 0.485. The number of likely N-dealkylation sites (tertiary alicyclic amines) is 1. The number of amides is 1. The van der Waals surface area contributed by atoms with Gasteiger partial charge < -0.3 is 19.5 Å². The summed E-state index contributed by atoms with van der Waals surface area (Å²) in [5, 5.41) is 10.8. The molecule has 2 aromatic rings. The quantitative estimate of drug-likeness (QED) is 0.477. The van der Waals surface area contributed by atoms with E-state index in [-0.39, 0.29) is 24.5 Å². The number of ketones is 1. The normalized spacial score (nSPS) is 18.7. The van der Waals surface area contributed by atoms with Gasteiger partial charge in [0.2, 0.25) is 0 Å². The van der Waals surface area contributed by atoms with Gasteiger partial charge in [0.05, 0.1) is 25.3 Å². The largest absolute Gasteiger partial charge is 0.507 e. The summed E-state index contributed by atoms with van der Waals surface area (Å²) in [7, 11) is 3.06. The van der Waals surface area contributed by atoms with Crippen LogP contribution in [0.4, 0.5) is 0 Å². The molecule has 1 aromatic heterocycles. The van der Waals surface area contributed by atoms with Crippen LogP contribution in [0.15, 0.2) is 54.4 Å². The van der Waals surface area contributed by atoms with Crippen molar-refractivity contribution in [2.45, 2.75) is 6.04 Å². The van der Waals surface area contributed by atoms with E-state index >= 15 is 0 Å². The molecule has 0 radical (unpaired) electrons. The molecule has 1 aliphatic heterocycles. The molecule has 2 heterocycles. The average molecular weight is 368 g/mol. The zero-order valence-corrected chi connectivity index (χ0v) is 15.1. The Morgan fingerprint density at radius 1 is 1.19 bits per heavy atom. The number of Topliss-reactive ketones (excluding diaryl/α,β-unsaturated/α-hetero) is 1. The van der Waals surface area contributed by atoms with Crippen molar-refractivity contribution < 1.29 is 24.2 Å². The van der Waals surface area contributed by atoms with Gasteiger partial charge in [-0.05, 0) is 29.8 Å². The summed E-state index contributed by atoms with van der Waals surface area (Å²) >= 11 is 0. The highest BCUT2D eigenvalue weighted by molar-refractivity contribution is 6.46. The second-order valence-electron chi connectivity index (χ2n) is 6.00. The molecule has 1 aliphatic rings. The standard InChI is InChI=1S/C20H20N2O5/c1-26-11-10-22-17(14-4-3-5-15(12-14)27-2)16(19(24)20(22)25)18(23)13-6-8-21-9-7-13/h3-9,12,17,23H,10-11H2,1-2H3/b18-16-. The second-order valence-corrected chi connectivity index (χ2v) is 6.00. The zero-order chi connectivity index (χ0) is 19.4. The molecule has 0 saturated carbocycles. The van der Waals surface area contributed by atoms with Gasteiger partial charge in [-0.2, -0.15) is 0 Å². The van der Waals surface area contributed by atoms with Crippen LogP contribution in [0.1, 0.15) is 17.2 Å². The number of nitrogens with zero attached hydrogens (tertiary/aromatic N) is 2. The van der Waals surface area contributed by atoms with Crippen molar-refractivity contribution in [2.24, 2.45) is 0 Å². The summed E-state index contributed by atoms with van der Waals surface area (Å²) in [5.41, 5.74) is 1.12. The molecule has 1 unspecified atom stereocenters. The van der Waals surface area contributed by atoms with Crippen LogP contribution in [0, 0.1) is 0 Å². The summed E-state index contributed by atoms with van der Waals surface area (Å²) in [6.07, 6.45) is 3.02. The molecule has 140 valence electrons. The van der Waals surface area contributed by atoms with Crippen LogP contribution in [0.5, 0.6) is 5.75 Å². The van der Waals surface area contributed by atoms with Gasteiger partial charge in [-0.25, -0.2) is 0 Å². The summed E-state index contributed by atoms with van der Waals surface area (Å²) in [5.74, 6) is -1.04. The first-order chi connectivity index (χ1) is 13.1. The average Bonchev–Trinajstić information content (AvgIpc) is 2.97. The smallest absolute Gasteiger partial charge is 0.295 e. The Morgan fingerprint density at radius 3 is 2.59 bits per heavy atom. The minimum Gasteiger partial charge on any atom is -0.507 e. The van der Waals surface area contributed by atoms with Crippen LogP contribution in [0.3, 0.4) is 0 Å². The van der Waals surface area contributed by atoms with Crippen molar-refractivity contribution in [2.75, 3.05) is 27.4 Å². The van der Waals surface area contributed by atoms with E-state index in [4.69, 9.17) is 9.47 Å². The number of pyridine rings is 1. The molecular weight excluding hydrogens is 348 g/mol. The maximum atomic E-state index is 12.7. The van der Waals surface area contributed by atoms with Crippen molar-refractivity contribution in [3.8, 4) is 5.75 Å². The Hall–Kier alpha value is -3.19. The van der Waals surface area contributed by atoms with Gasteiger partial charge >= 0.3 is 0 Å². The fourth-order valence-corrected chi connectivity index (χ4v) is 3.12. The van der Waals surface area contributed by atoms with Crippen LogP contribution in [-0.4, -0.2) is 54.1 Å². The minimum absolute atomic E-state index is 0.0376. The van der Waals surface area contributed by atoms with Crippen molar-refractivity contribution >= 4 is 17.4 Å². The van der Waals surface area contributed by atoms with Crippen LogP contribution >= 0.6 is 0 Å². The molecule has 1 atom stereocenters. The molecule has 3 rings (SSSR count). The number of benzene rings is 1. The van der Waals surface area contributed by atoms with E-state index in [1.165, 1.54) is 31.5 Å². The van der Waals surface area contributed by atoms with Crippen LogP contribution in [0.25, 0.3) is 5.76 Å². The lowest BCUT2D eigenvalue weighted by Crippen LogP contribution is -2.32. The van der Waals surface area contributed by atoms with Gasteiger partial charge in [0.25, 0.3) is 11.7 Å². The summed E-state index contributed by atoms with van der Waals surface area (Å²) in [4.78, 5) is 30.7. The number of carbonyl (C=O) groups is 2. The highest BCUT2D eigenvalue weighted by atomic mass is 16.5. The fraction of sp³-hybridized carbons (Fsp3) is 0.250. The first-order valence-corrected chi connectivity index (χ1v) is 8.40. The molecule has 0 spiro atoms. The maximum Gasteiger partial charge on any atom is 0.295 e. The van der Waals surface area contributed by atoms with Crippen molar-refractivity contribution in [3.05, 3.63) is 65.5 Å². The molecule has 27 heavy (non-hydrogen) atoms. The Labute approximate surface area is 156 Å². The van der Waals surface area contributed by atoms with Crippen molar-refractivity contribution in [1.29, 1.82) is 0 Å². The van der Waals surface area contributed by atoms with Gasteiger partial charge in [-0.1, -0.05) is 12.1 Å². The fourth-order valence-electron chi connectivity index (χ4n) is 3.12. The number of rotatable bonds is 6. The molecule has 0 bridgehead atoms. The van der Waals surface area contributed by atoms with E-state index in [9.17, 15) is 14.7 Å². The Balaban J connectivity index is 2.16. The molecule has 0 aliphatic carbocycles. The number of aromatic nitrogens is 1. The predicted octanol–water partition coefficient (Wildman–Crippen LogP) is 2.16. The molecule has 7 heteroatoms. The number of hydrogen-bond donors (Lipinski definition) is 1. The monoisotopic (exact) mass is 368 g/mol. The van der Waals surface area contributed by atoms with E-state index in [1.54, 1.807) is 36.4 Å². The lowest BCUT2D eigenvalue weighted by atomic mass is 9.95. The van der Waals surface area contributed by atoms with Gasteiger partial charge in [-0.15, -0.1) is 0 Å². The molecule has 1 saturated heterocycles. The van der Waals surface area contributed by atoms with Crippen molar-refractivity contribution in [1.82, 2.24) is 9.88 Å². The lowest BCUT2D eigenvalue weighted by molar-refractivity contribution is -0.140. The van der Waals surface area contributed by atoms with Gasteiger partial charge in [0, 0.05) is 31.6 Å². The van der Waals surface area contributed by atoms with Gasteiger partial charge in [0.1, 0.15) is 11.5 Å². The van der Waals surface area contributed by atoms with E-state index < -0.39 is 17.7 Å². The molecule has 1 aromatic carbocycles. The molecule has 1 N–H and O–H groups in total. The Kier molecular flexibility index (Phi) is 5.52. The first kappa shape index (κ1) is 18.6. The number of ether oxygens (including phenoxy) is 2. The van der Waals surface area contributed by atoms with E-state index in [0.717, 1.165) is 0 Å². The molecule has 1 fully saturated rings. The Morgan fingerprint density at radius 2 is 1.93 bits per heavy atom. The van der Waals surface area contributed by atoms with E-state index in [0.29, 0.717) is 16.9 Å². The minimum atomic E-state index is -0.733. The number of carbonyl (C=O) groups excluding carboxylic acids is 2. The molecular formula is C20H20N2O5. The Bertz CT molecular complexity index is 879. The highest BCUT2D eigenvalue weighted by Gasteiger charge is 2.45. The first-order valence-electron chi connectivity index (χ1n) is 8.40. The van der Waals surface area contributed by atoms with Gasteiger partial charge in [0.15, 0.2) is 0 Å². The van der Waals surface area contributed by atoms with Crippen molar-refractivity contribution in [3.63, 3.8) is 0 Å².